The van der Waals surface area contributed by atoms with Crippen LogP contribution in [0, 0.1) is 5.92 Å². The zero-order valence-corrected chi connectivity index (χ0v) is 16.6. The Morgan fingerprint density at radius 2 is 1.37 bits per heavy atom. The number of hydrogen-bond acceptors (Lipinski definition) is 7. The van der Waals surface area contributed by atoms with E-state index in [0.29, 0.717) is 0 Å². The van der Waals surface area contributed by atoms with Gasteiger partial charge in [-0.05, 0) is 17.5 Å². The molecule has 0 amide bonds. The van der Waals surface area contributed by atoms with Crippen molar-refractivity contribution in [1.29, 1.82) is 0 Å². The van der Waals surface area contributed by atoms with Crippen LogP contribution in [0.5, 0.6) is 0 Å². The van der Waals surface area contributed by atoms with Gasteiger partial charge in [0.15, 0.2) is 11.4 Å². The smallest absolute Gasteiger partial charge is 0.347 e. The molecular weight excluding hydrogens is 388 g/mol. The third kappa shape index (κ3) is 3.22. The van der Waals surface area contributed by atoms with Crippen molar-refractivity contribution >= 4 is 17.7 Å². The summed E-state index contributed by atoms with van der Waals surface area (Å²) in [5, 5.41) is 22.7. The summed E-state index contributed by atoms with van der Waals surface area (Å²) < 4.78 is 9.55. The van der Waals surface area contributed by atoms with E-state index in [9.17, 15) is 24.6 Å². The molecular formula is C23H22O7. The molecule has 2 aromatic carbocycles. The molecule has 7 heteroatoms. The van der Waals surface area contributed by atoms with E-state index in [1.54, 1.807) is 36.4 Å². The summed E-state index contributed by atoms with van der Waals surface area (Å²) in [7, 11) is 2.21. The Bertz CT molecular complexity index is 983. The topological polar surface area (TPSA) is 110 Å². The number of methoxy groups -OCH3 is 2. The molecule has 0 saturated heterocycles. The van der Waals surface area contributed by atoms with Gasteiger partial charge in [-0.1, -0.05) is 66.7 Å². The van der Waals surface area contributed by atoms with Crippen molar-refractivity contribution in [3.8, 4) is 0 Å². The minimum atomic E-state index is -2.38. The Morgan fingerprint density at radius 3 is 1.87 bits per heavy atom. The van der Waals surface area contributed by atoms with Gasteiger partial charge in [0.2, 0.25) is 5.60 Å². The highest BCUT2D eigenvalue weighted by atomic mass is 16.5. The molecule has 0 aliphatic heterocycles. The summed E-state index contributed by atoms with van der Waals surface area (Å²) in [6.07, 6.45) is 1.27. The first-order valence-electron chi connectivity index (χ1n) is 9.29. The lowest BCUT2D eigenvalue weighted by atomic mass is 9.76. The lowest BCUT2D eigenvalue weighted by molar-refractivity contribution is -0.173. The SMILES string of the molecule is COC(=O)C(O)(C1=CCC(C(O)(C(=O)OC)c2ccccc2)C1=O)c1ccccc1. The number of Topliss-reactive ketones (excluding diaryl/α,β-unsaturated/α-hetero) is 1. The molecule has 156 valence electrons. The van der Waals surface area contributed by atoms with E-state index in [0.717, 1.165) is 14.2 Å². The van der Waals surface area contributed by atoms with Gasteiger partial charge in [0, 0.05) is 5.57 Å². The quantitative estimate of drug-likeness (QED) is 0.697. The molecule has 0 bridgehead atoms. The van der Waals surface area contributed by atoms with Crippen molar-refractivity contribution in [2.45, 2.75) is 17.6 Å². The summed E-state index contributed by atoms with van der Waals surface area (Å²) in [5.74, 6) is -4.09. The van der Waals surface area contributed by atoms with Crippen molar-refractivity contribution in [2.24, 2.45) is 5.92 Å². The second kappa shape index (κ2) is 8.22. The third-order valence-corrected chi connectivity index (χ3v) is 5.42. The summed E-state index contributed by atoms with van der Waals surface area (Å²) in [6.45, 7) is 0. The van der Waals surface area contributed by atoms with Gasteiger partial charge in [0.1, 0.15) is 0 Å². The molecule has 0 heterocycles. The average Bonchev–Trinajstić information content (AvgIpc) is 3.20. The van der Waals surface area contributed by atoms with Gasteiger partial charge < -0.3 is 19.7 Å². The number of esters is 2. The molecule has 2 aromatic rings. The van der Waals surface area contributed by atoms with Gasteiger partial charge >= 0.3 is 11.9 Å². The first kappa shape index (κ1) is 21.4. The molecule has 3 atom stereocenters. The van der Waals surface area contributed by atoms with Crippen LogP contribution in [-0.4, -0.2) is 42.2 Å². The average molecular weight is 410 g/mol. The molecule has 0 fully saturated rings. The first-order chi connectivity index (χ1) is 14.3. The maximum Gasteiger partial charge on any atom is 0.347 e. The van der Waals surface area contributed by atoms with E-state index >= 15 is 0 Å². The van der Waals surface area contributed by atoms with Crippen LogP contribution in [0.15, 0.2) is 72.3 Å². The fourth-order valence-corrected chi connectivity index (χ4v) is 3.84. The molecule has 3 rings (SSSR count). The number of allylic oxidation sites excluding steroid dienone is 1. The lowest BCUT2D eigenvalue weighted by Crippen LogP contribution is -2.48. The molecule has 1 aliphatic carbocycles. The predicted octanol–water partition coefficient (Wildman–Crippen LogP) is 1.62. The summed E-state index contributed by atoms with van der Waals surface area (Å²) in [4.78, 5) is 38.5. The van der Waals surface area contributed by atoms with Crippen LogP contribution in [0.4, 0.5) is 0 Å². The largest absolute Gasteiger partial charge is 0.467 e. The lowest BCUT2D eigenvalue weighted by Gasteiger charge is -2.32. The van der Waals surface area contributed by atoms with Crippen molar-refractivity contribution in [2.75, 3.05) is 14.2 Å². The number of rotatable bonds is 6. The van der Waals surface area contributed by atoms with Gasteiger partial charge in [-0.15, -0.1) is 0 Å². The fourth-order valence-electron chi connectivity index (χ4n) is 3.84. The summed E-state index contributed by atoms with van der Waals surface area (Å²) in [5.41, 5.74) is -4.62. The van der Waals surface area contributed by atoms with E-state index in [1.807, 2.05) is 0 Å². The molecule has 0 spiro atoms. The van der Waals surface area contributed by atoms with Crippen LogP contribution in [0.1, 0.15) is 17.5 Å². The van der Waals surface area contributed by atoms with Crippen molar-refractivity contribution in [1.82, 2.24) is 0 Å². The van der Waals surface area contributed by atoms with Crippen molar-refractivity contribution in [3.63, 3.8) is 0 Å². The molecule has 0 radical (unpaired) electrons. The second-order valence-corrected chi connectivity index (χ2v) is 6.96. The molecule has 0 saturated carbocycles. The zero-order valence-electron chi connectivity index (χ0n) is 16.6. The summed E-state index contributed by atoms with van der Waals surface area (Å²) in [6, 6.07) is 15.8. The number of carbonyl (C=O) groups excluding carboxylic acids is 3. The van der Waals surface area contributed by atoms with Gasteiger partial charge in [-0.3, -0.25) is 4.79 Å². The molecule has 1 aliphatic rings. The maximum atomic E-state index is 13.4. The van der Waals surface area contributed by atoms with Crippen LogP contribution < -0.4 is 0 Å². The van der Waals surface area contributed by atoms with Gasteiger partial charge in [-0.2, -0.15) is 0 Å². The second-order valence-electron chi connectivity index (χ2n) is 6.96. The van der Waals surface area contributed by atoms with Crippen molar-refractivity contribution in [3.05, 3.63) is 83.4 Å². The number of ketones is 1. The third-order valence-electron chi connectivity index (χ3n) is 5.42. The van der Waals surface area contributed by atoms with Crippen LogP contribution in [-0.2, 0) is 35.1 Å². The maximum absolute atomic E-state index is 13.4. The van der Waals surface area contributed by atoms with E-state index in [-0.39, 0.29) is 23.1 Å². The van der Waals surface area contributed by atoms with Crippen molar-refractivity contribution < 1.29 is 34.1 Å². The Hall–Kier alpha value is -3.29. The Labute approximate surface area is 173 Å². The Morgan fingerprint density at radius 1 is 0.867 bits per heavy atom. The molecule has 0 aromatic heterocycles. The number of hydrogen-bond donors (Lipinski definition) is 2. The van der Waals surface area contributed by atoms with Crippen LogP contribution >= 0.6 is 0 Å². The standard InChI is InChI=1S/C23H22O7/c1-29-20(25)22(27,15-9-5-3-6-10-15)17-13-14-18(19(17)24)23(28,21(26)30-2)16-11-7-4-8-12-16/h3-13,18,27-28H,14H2,1-2H3. The Kier molecular flexibility index (Phi) is 5.87. The highest BCUT2D eigenvalue weighted by Crippen LogP contribution is 2.44. The summed E-state index contributed by atoms with van der Waals surface area (Å²) >= 11 is 0. The van der Waals surface area contributed by atoms with E-state index in [2.05, 4.69) is 0 Å². The monoisotopic (exact) mass is 410 g/mol. The molecule has 7 nitrogen and oxygen atoms in total. The minimum Gasteiger partial charge on any atom is -0.467 e. The minimum absolute atomic E-state index is 0.0825. The Balaban J connectivity index is 2.08. The van der Waals surface area contributed by atoms with E-state index in [1.165, 1.54) is 30.3 Å². The number of carbonyl (C=O) groups is 3. The van der Waals surface area contributed by atoms with Gasteiger partial charge in [0.25, 0.3) is 0 Å². The van der Waals surface area contributed by atoms with Crippen LogP contribution in [0.3, 0.4) is 0 Å². The highest BCUT2D eigenvalue weighted by molar-refractivity contribution is 6.09. The molecule has 2 N–H and O–H groups in total. The zero-order chi connectivity index (χ0) is 21.9. The predicted molar refractivity (Wildman–Crippen MR) is 106 cm³/mol. The first-order valence-corrected chi connectivity index (χ1v) is 9.29. The fraction of sp³-hybridized carbons (Fsp3) is 0.261. The van der Waals surface area contributed by atoms with Gasteiger partial charge in [-0.25, -0.2) is 9.59 Å². The normalized spacial score (nSPS) is 19.9. The van der Waals surface area contributed by atoms with Gasteiger partial charge in [0.05, 0.1) is 20.1 Å². The molecule has 30 heavy (non-hydrogen) atoms. The van der Waals surface area contributed by atoms with Crippen LogP contribution in [0.2, 0.25) is 0 Å². The van der Waals surface area contributed by atoms with E-state index < -0.39 is 34.8 Å². The highest BCUT2D eigenvalue weighted by Gasteiger charge is 2.57. The van der Waals surface area contributed by atoms with E-state index in [4.69, 9.17) is 9.47 Å². The molecule has 3 unspecified atom stereocenters. The number of benzene rings is 2. The van der Waals surface area contributed by atoms with Crippen LogP contribution in [0.25, 0.3) is 0 Å². The number of ether oxygens (including phenoxy) is 2. The number of aliphatic hydroxyl groups is 2.